The first-order valence-electron chi connectivity index (χ1n) is 6.82. The van der Waals surface area contributed by atoms with Crippen molar-refractivity contribution in [2.75, 3.05) is 18.2 Å². The molecule has 1 aromatic carbocycles. The Balaban J connectivity index is 2.08. The van der Waals surface area contributed by atoms with Crippen LogP contribution in [0.15, 0.2) is 47.5 Å². The maximum Gasteiger partial charge on any atom is 0.422 e. The van der Waals surface area contributed by atoms with Gasteiger partial charge in [-0.05, 0) is 29.8 Å². The van der Waals surface area contributed by atoms with Crippen LogP contribution in [0.2, 0.25) is 0 Å². The summed E-state index contributed by atoms with van der Waals surface area (Å²) in [5, 5.41) is 2.87. The molecule has 0 atom stereocenters. The fraction of sp³-hybridized carbons (Fsp3) is 0.267. The molecule has 0 aliphatic heterocycles. The van der Waals surface area contributed by atoms with Crippen LogP contribution in [0.25, 0.3) is 0 Å². The SMILES string of the molecule is CS(=O)(=O)c1cccnc1NCc1cccc(OCC(F)(F)F)c1. The summed E-state index contributed by atoms with van der Waals surface area (Å²) in [5.41, 5.74) is 0.625. The molecule has 0 unspecified atom stereocenters. The van der Waals surface area contributed by atoms with Gasteiger partial charge in [0.2, 0.25) is 0 Å². The monoisotopic (exact) mass is 360 g/mol. The van der Waals surface area contributed by atoms with E-state index in [1.165, 1.54) is 30.5 Å². The lowest BCUT2D eigenvalue weighted by atomic mass is 10.2. The highest BCUT2D eigenvalue weighted by Gasteiger charge is 2.28. The molecule has 0 amide bonds. The molecule has 0 fully saturated rings. The molecule has 0 aliphatic rings. The fourth-order valence-electron chi connectivity index (χ4n) is 1.92. The first kappa shape index (κ1) is 18.1. The van der Waals surface area contributed by atoms with Crippen molar-refractivity contribution in [3.05, 3.63) is 48.2 Å². The second-order valence-electron chi connectivity index (χ2n) is 5.03. The van der Waals surface area contributed by atoms with E-state index in [1.807, 2.05) is 0 Å². The quantitative estimate of drug-likeness (QED) is 0.858. The molecule has 9 heteroatoms. The van der Waals surface area contributed by atoms with Gasteiger partial charge in [-0.25, -0.2) is 13.4 Å². The Kier molecular flexibility index (Phi) is 5.33. The Bertz CT molecular complexity index is 808. The van der Waals surface area contributed by atoms with E-state index in [9.17, 15) is 21.6 Å². The summed E-state index contributed by atoms with van der Waals surface area (Å²) < 4.78 is 64.6. The highest BCUT2D eigenvalue weighted by Crippen LogP contribution is 2.21. The number of anilines is 1. The van der Waals surface area contributed by atoms with E-state index in [0.717, 1.165) is 6.26 Å². The zero-order valence-electron chi connectivity index (χ0n) is 12.7. The van der Waals surface area contributed by atoms with Gasteiger partial charge in [-0.3, -0.25) is 0 Å². The van der Waals surface area contributed by atoms with Crippen molar-refractivity contribution in [2.45, 2.75) is 17.6 Å². The maximum absolute atomic E-state index is 12.2. The number of rotatable bonds is 6. The number of aromatic nitrogens is 1. The second kappa shape index (κ2) is 7.08. The molecule has 1 heterocycles. The molecule has 130 valence electrons. The second-order valence-corrected chi connectivity index (χ2v) is 7.01. The molecular weight excluding hydrogens is 345 g/mol. The molecule has 0 spiro atoms. The van der Waals surface area contributed by atoms with Gasteiger partial charge >= 0.3 is 6.18 Å². The van der Waals surface area contributed by atoms with Gasteiger partial charge in [-0.2, -0.15) is 13.2 Å². The molecule has 2 rings (SSSR count). The summed E-state index contributed by atoms with van der Waals surface area (Å²) in [7, 11) is -3.45. The Hall–Kier alpha value is -2.29. The lowest BCUT2D eigenvalue weighted by molar-refractivity contribution is -0.153. The number of nitrogens with zero attached hydrogens (tertiary/aromatic N) is 1. The third-order valence-electron chi connectivity index (χ3n) is 2.93. The molecule has 0 aliphatic carbocycles. The molecule has 0 saturated carbocycles. The molecule has 2 aromatic rings. The van der Waals surface area contributed by atoms with Gasteiger partial charge in [0.1, 0.15) is 16.5 Å². The summed E-state index contributed by atoms with van der Waals surface area (Å²) in [6.07, 6.45) is -1.90. The average Bonchev–Trinajstić information content (AvgIpc) is 2.50. The minimum absolute atomic E-state index is 0.0504. The number of hydrogen-bond donors (Lipinski definition) is 1. The summed E-state index contributed by atoms with van der Waals surface area (Å²) >= 11 is 0. The van der Waals surface area contributed by atoms with E-state index in [1.54, 1.807) is 12.1 Å². The standard InChI is InChI=1S/C15H15F3N2O3S/c1-24(21,22)13-6-3-7-19-14(13)20-9-11-4-2-5-12(8-11)23-10-15(16,17)18/h2-8H,9-10H2,1H3,(H,19,20). The predicted octanol–water partition coefficient (Wildman–Crippen LogP) is 3.04. The normalized spacial score (nSPS) is 12.0. The zero-order chi connectivity index (χ0) is 17.8. The van der Waals surface area contributed by atoms with E-state index in [2.05, 4.69) is 15.0 Å². The van der Waals surface area contributed by atoms with Crippen molar-refractivity contribution in [1.29, 1.82) is 0 Å². The number of ether oxygens (including phenoxy) is 1. The van der Waals surface area contributed by atoms with E-state index in [0.29, 0.717) is 5.56 Å². The van der Waals surface area contributed by atoms with Gasteiger partial charge in [0.25, 0.3) is 0 Å². The van der Waals surface area contributed by atoms with Crippen LogP contribution >= 0.6 is 0 Å². The van der Waals surface area contributed by atoms with Gasteiger partial charge in [0.15, 0.2) is 16.4 Å². The number of pyridine rings is 1. The van der Waals surface area contributed by atoms with Crippen molar-refractivity contribution in [2.24, 2.45) is 0 Å². The van der Waals surface area contributed by atoms with Crippen LogP contribution in [0.5, 0.6) is 5.75 Å². The van der Waals surface area contributed by atoms with Crippen LogP contribution in [0, 0.1) is 0 Å². The van der Waals surface area contributed by atoms with Crippen LogP contribution in [0.1, 0.15) is 5.56 Å². The molecule has 0 radical (unpaired) electrons. The number of halogens is 3. The Labute approximate surface area is 137 Å². The summed E-state index contributed by atoms with van der Waals surface area (Å²) in [4.78, 5) is 4.03. The highest BCUT2D eigenvalue weighted by atomic mass is 32.2. The molecule has 1 aromatic heterocycles. The molecule has 1 N–H and O–H groups in total. The number of hydrogen-bond acceptors (Lipinski definition) is 5. The van der Waals surface area contributed by atoms with Crippen molar-refractivity contribution >= 4 is 15.7 Å². The third-order valence-corrected chi connectivity index (χ3v) is 4.06. The minimum atomic E-state index is -4.41. The van der Waals surface area contributed by atoms with E-state index in [-0.39, 0.29) is 23.0 Å². The molecule has 24 heavy (non-hydrogen) atoms. The number of sulfone groups is 1. The Morgan fingerprint density at radius 1 is 1.21 bits per heavy atom. The predicted molar refractivity (Wildman–Crippen MR) is 82.7 cm³/mol. The maximum atomic E-state index is 12.2. The zero-order valence-corrected chi connectivity index (χ0v) is 13.5. The third kappa shape index (κ3) is 5.41. The van der Waals surface area contributed by atoms with Crippen molar-refractivity contribution < 1.29 is 26.3 Å². The van der Waals surface area contributed by atoms with Gasteiger partial charge < -0.3 is 10.1 Å². The first-order chi connectivity index (χ1) is 11.1. The molecule has 5 nitrogen and oxygen atoms in total. The lowest BCUT2D eigenvalue weighted by Gasteiger charge is -2.12. The largest absolute Gasteiger partial charge is 0.484 e. The Morgan fingerprint density at radius 3 is 2.62 bits per heavy atom. The molecule has 0 saturated heterocycles. The number of benzene rings is 1. The van der Waals surface area contributed by atoms with Crippen LogP contribution in [-0.2, 0) is 16.4 Å². The van der Waals surface area contributed by atoms with Gasteiger partial charge in [0, 0.05) is 19.0 Å². The molecular formula is C15H15F3N2O3S. The molecule has 0 bridgehead atoms. The van der Waals surface area contributed by atoms with E-state index < -0.39 is 22.6 Å². The average molecular weight is 360 g/mol. The topological polar surface area (TPSA) is 68.3 Å². The van der Waals surface area contributed by atoms with Crippen LogP contribution in [0.4, 0.5) is 19.0 Å². The summed E-state index contributed by atoms with van der Waals surface area (Å²) in [5.74, 6) is 0.262. The first-order valence-corrected chi connectivity index (χ1v) is 8.72. The summed E-state index contributed by atoms with van der Waals surface area (Å²) in [6, 6.07) is 9.02. The van der Waals surface area contributed by atoms with Crippen molar-refractivity contribution in [3.63, 3.8) is 0 Å². The van der Waals surface area contributed by atoms with E-state index >= 15 is 0 Å². The fourth-order valence-corrected chi connectivity index (χ4v) is 2.72. The highest BCUT2D eigenvalue weighted by molar-refractivity contribution is 7.90. The number of alkyl halides is 3. The number of nitrogens with one attached hydrogen (secondary N) is 1. The van der Waals surface area contributed by atoms with Gasteiger partial charge in [-0.1, -0.05) is 12.1 Å². The smallest absolute Gasteiger partial charge is 0.422 e. The van der Waals surface area contributed by atoms with Crippen LogP contribution in [-0.4, -0.2) is 32.4 Å². The van der Waals surface area contributed by atoms with E-state index in [4.69, 9.17) is 0 Å². The van der Waals surface area contributed by atoms with Crippen LogP contribution in [0.3, 0.4) is 0 Å². The van der Waals surface area contributed by atoms with Gasteiger partial charge in [0.05, 0.1) is 0 Å². The van der Waals surface area contributed by atoms with Crippen LogP contribution < -0.4 is 10.1 Å². The lowest BCUT2D eigenvalue weighted by Crippen LogP contribution is -2.19. The van der Waals surface area contributed by atoms with Crippen molar-refractivity contribution in [1.82, 2.24) is 4.98 Å². The van der Waals surface area contributed by atoms with Crippen molar-refractivity contribution in [3.8, 4) is 5.75 Å². The summed E-state index contributed by atoms with van der Waals surface area (Å²) in [6.45, 7) is -1.19. The minimum Gasteiger partial charge on any atom is -0.484 e. The Morgan fingerprint density at radius 2 is 1.96 bits per heavy atom. The van der Waals surface area contributed by atoms with Gasteiger partial charge in [-0.15, -0.1) is 0 Å².